The number of nitrogens with zero attached hydrogens (tertiary/aromatic N) is 1. The lowest BCUT2D eigenvalue weighted by molar-refractivity contribution is -0.120. The summed E-state index contributed by atoms with van der Waals surface area (Å²) in [6, 6.07) is 11.8. The molecule has 0 spiro atoms. The molecule has 28 heavy (non-hydrogen) atoms. The summed E-state index contributed by atoms with van der Waals surface area (Å²) in [4.78, 5) is 12.6. The van der Waals surface area contributed by atoms with Gasteiger partial charge in [0.1, 0.15) is 5.75 Å². The van der Waals surface area contributed by atoms with Crippen molar-refractivity contribution in [1.82, 2.24) is 4.31 Å². The Morgan fingerprint density at radius 1 is 1.21 bits per heavy atom. The zero-order chi connectivity index (χ0) is 20.3. The zero-order valence-corrected chi connectivity index (χ0v) is 18.4. The molecule has 0 aromatic heterocycles. The van der Waals surface area contributed by atoms with Gasteiger partial charge in [-0.2, -0.15) is 4.31 Å². The fourth-order valence-electron chi connectivity index (χ4n) is 3.11. The Balaban J connectivity index is 1.65. The van der Waals surface area contributed by atoms with Gasteiger partial charge in [-0.3, -0.25) is 4.79 Å². The molecule has 0 radical (unpaired) electrons. The van der Waals surface area contributed by atoms with Crippen LogP contribution in [-0.4, -0.2) is 38.8 Å². The average Bonchev–Trinajstić information content (AvgIpc) is 2.69. The number of amides is 1. The number of hydrogen-bond donors (Lipinski definition) is 1. The molecule has 1 saturated heterocycles. The maximum atomic E-state index is 12.9. The van der Waals surface area contributed by atoms with Crippen molar-refractivity contribution in [3.8, 4) is 5.75 Å². The van der Waals surface area contributed by atoms with E-state index >= 15 is 0 Å². The summed E-state index contributed by atoms with van der Waals surface area (Å²) in [5, 5.41) is 3.14. The number of carbonyl (C=O) groups is 1. The fraction of sp³-hybridized carbons (Fsp3) is 0.316. The van der Waals surface area contributed by atoms with Crippen molar-refractivity contribution in [2.45, 2.75) is 17.7 Å². The Hall–Kier alpha value is -1.61. The Labute approximate surface area is 178 Å². The third-order valence-electron chi connectivity index (χ3n) is 4.72. The molecule has 1 amide bonds. The molecule has 0 bridgehead atoms. The van der Waals surface area contributed by atoms with Crippen molar-refractivity contribution in [2.75, 3.05) is 25.5 Å². The molecule has 1 aliphatic rings. The first kappa shape index (κ1) is 21.1. The van der Waals surface area contributed by atoms with Gasteiger partial charge in [-0.15, -0.1) is 0 Å². The number of benzene rings is 2. The molecule has 1 heterocycles. The lowest BCUT2D eigenvalue weighted by Gasteiger charge is -2.30. The monoisotopic (exact) mass is 486 g/mol. The second-order valence-corrected chi connectivity index (χ2v) is 9.64. The third kappa shape index (κ3) is 4.51. The average molecular weight is 488 g/mol. The molecule has 1 fully saturated rings. The molecule has 0 unspecified atom stereocenters. The van der Waals surface area contributed by atoms with E-state index in [4.69, 9.17) is 16.3 Å². The van der Waals surface area contributed by atoms with E-state index in [1.54, 1.807) is 0 Å². The highest BCUT2D eigenvalue weighted by Gasteiger charge is 2.32. The highest BCUT2D eigenvalue weighted by molar-refractivity contribution is 9.10. The van der Waals surface area contributed by atoms with E-state index in [9.17, 15) is 13.2 Å². The minimum absolute atomic E-state index is 0.101. The van der Waals surface area contributed by atoms with E-state index < -0.39 is 10.0 Å². The Kier molecular flexibility index (Phi) is 6.65. The summed E-state index contributed by atoms with van der Waals surface area (Å²) in [6.45, 7) is 0.556. The normalized spacial score (nSPS) is 16.0. The van der Waals surface area contributed by atoms with E-state index in [0.29, 0.717) is 24.3 Å². The van der Waals surface area contributed by atoms with Crippen molar-refractivity contribution in [3.05, 3.63) is 52.0 Å². The minimum atomic E-state index is -3.67. The molecule has 0 atom stereocenters. The van der Waals surface area contributed by atoms with Gasteiger partial charge in [-0.05, 0) is 59.1 Å². The van der Waals surface area contributed by atoms with Crippen LogP contribution in [0.2, 0.25) is 5.02 Å². The van der Waals surface area contributed by atoms with Gasteiger partial charge in [0.25, 0.3) is 0 Å². The van der Waals surface area contributed by atoms with E-state index in [0.717, 1.165) is 4.47 Å². The molecule has 2 aromatic carbocycles. The molecular formula is C19H20BrClN2O4S. The topological polar surface area (TPSA) is 75.7 Å². The summed E-state index contributed by atoms with van der Waals surface area (Å²) < 4.78 is 33.0. The lowest BCUT2D eigenvalue weighted by atomic mass is 9.97. The summed E-state index contributed by atoms with van der Waals surface area (Å²) in [5.74, 6) is 0.0810. The summed E-state index contributed by atoms with van der Waals surface area (Å²) >= 11 is 9.47. The fourth-order valence-corrected chi connectivity index (χ4v) is 5.32. The van der Waals surface area contributed by atoms with E-state index in [-0.39, 0.29) is 34.8 Å². The van der Waals surface area contributed by atoms with E-state index in [2.05, 4.69) is 21.2 Å². The number of sulfonamides is 1. The first-order valence-electron chi connectivity index (χ1n) is 8.72. The van der Waals surface area contributed by atoms with Gasteiger partial charge >= 0.3 is 0 Å². The van der Waals surface area contributed by atoms with Crippen LogP contribution in [0.25, 0.3) is 0 Å². The van der Waals surface area contributed by atoms with Crippen molar-refractivity contribution in [2.24, 2.45) is 5.92 Å². The molecule has 1 aliphatic heterocycles. The highest BCUT2D eigenvalue weighted by atomic mass is 79.9. The molecule has 1 N–H and O–H groups in total. The lowest BCUT2D eigenvalue weighted by Crippen LogP contribution is -2.41. The predicted molar refractivity (Wildman–Crippen MR) is 112 cm³/mol. The van der Waals surface area contributed by atoms with Gasteiger partial charge < -0.3 is 10.1 Å². The number of methoxy groups -OCH3 is 1. The molecule has 3 rings (SSSR count). The van der Waals surface area contributed by atoms with Crippen LogP contribution in [0.1, 0.15) is 12.8 Å². The Morgan fingerprint density at radius 3 is 2.50 bits per heavy atom. The van der Waals surface area contributed by atoms with Gasteiger partial charge in [0.15, 0.2) is 0 Å². The molecule has 0 saturated carbocycles. The van der Waals surface area contributed by atoms with Crippen LogP contribution in [0.3, 0.4) is 0 Å². The quantitative estimate of drug-likeness (QED) is 0.687. The largest absolute Gasteiger partial charge is 0.495 e. The van der Waals surface area contributed by atoms with Crippen LogP contribution in [0.4, 0.5) is 5.69 Å². The van der Waals surface area contributed by atoms with Crippen molar-refractivity contribution >= 4 is 49.1 Å². The maximum absolute atomic E-state index is 12.9. The standard InChI is InChI=1S/C19H20BrClN2O4S/c1-27-18-7-6-14(12-16(18)21)28(25,26)23-10-8-13(9-11-23)19(24)22-17-5-3-2-4-15(17)20/h2-7,12-13H,8-11H2,1H3,(H,22,24). The van der Waals surface area contributed by atoms with Crippen LogP contribution in [0, 0.1) is 5.92 Å². The van der Waals surface area contributed by atoms with Crippen LogP contribution >= 0.6 is 27.5 Å². The minimum Gasteiger partial charge on any atom is -0.495 e. The van der Waals surface area contributed by atoms with Crippen LogP contribution in [0.15, 0.2) is 51.8 Å². The van der Waals surface area contributed by atoms with E-state index in [1.807, 2.05) is 24.3 Å². The molecular weight excluding hydrogens is 468 g/mol. The number of para-hydroxylation sites is 1. The number of halogens is 2. The number of rotatable bonds is 5. The highest BCUT2D eigenvalue weighted by Crippen LogP contribution is 2.30. The van der Waals surface area contributed by atoms with E-state index in [1.165, 1.54) is 29.6 Å². The van der Waals surface area contributed by atoms with Crippen LogP contribution in [0.5, 0.6) is 5.75 Å². The van der Waals surface area contributed by atoms with Gasteiger partial charge in [0, 0.05) is 23.5 Å². The first-order chi connectivity index (χ1) is 13.3. The van der Waals surface area contributed by atoms with Gasteiger partial charge in [-0.25, -0.2) is 8.42 Å². The number of ether oxygens (including phenoxy) is 1. The van der Waals surface area contributed by atoms with Crippen molar-refractivity contribution in [1.29, 1.82) is 0 Å². The smallest absolute Gasteiger partial charge is 0.243 e. The van der Waals surface area contributed by atoms with Crippen LogP contribution < -0.4 is 10.1 Å². The molecule has 0 aliphatic carbocycles. The Morgan fingerprint density at radius 2 is 1.89 bits per heavy atom. The number of carbonyl (C=O) groups excluding carboxylic acids is 1. The summed E-state index contributed by atoms with van der Waals surface area (Å²) in [7, 11) is -2.20. The SMILES string of the molecule is COc1ccc(S(=O)(=O)N2CCC(C(=O)Nc3ccccc3Br)CC2)cc1Cl. The molecule has 9 heteroatoms. The van der Waals surface area contributed by atoms with Gasteiger partial charge in [0.05, 0.1) is 22.7 Å². The van der Waals surface area contributed by atoms with Crippen molar-refractivity contribution in [3.63, 3.8) is 0 Å². The molecule has 150 valence electrons. The maximum Gasteiger partial charge on any atom is 0.243 e. The van der Waals surface area contributed by atoms with Crippen LogP contribution in [-0.2, 0) is 14.8 Å². The number of hydrogen-bond acceptors (Lipinski definition) is 4. The summed E-state index contributed by atoms with van der Waals surface area (Å²) in [6.07, 6.45) is 0.915. The predicted octanol–water partition coefficient (Wildman–Crippen LogP) is 4.15. The van der Waals surface area contributed by atoms with Gasteiger partial charge in [-0.1, -0.05) is 23.7 Å². The van der Waals surface area contributed by atoms with Gasteiger partial charge in [0.2, 0.25) is 15.9 Å². The summed E-state index contributed by atoms with van der Waals surface area (Å²) in [5.41, 5.74) is 0.704. The zero-order valence-electron chi connectivity index (χ0n) is 15.2. The third-order valence-corrected chi connectivity index (χ3v) is 7.60. The molecule has 6 nitrogen and oxygen atoms in total. The van der Waals surface area contributed by atoms with Crippen molar-refractivity contribution < 1.29 is 17.9 Å². The second-order valence-electron chi connectivity index (χ2n) is 6.44. The Bertz CT molecular complexity index is 976. The molecule has 2 aromatic rings. The number of nitrogens with one attached hydrogen (secondary N) is 1. The second kappa shape index (κ2) is 8.82. The first-order valence-corrected chi connectivity index (χ1v) is 11.3. The number of anilines is 1. The number of piperidine rings is 1.